The summed E-state index contributed by atoms with van der Waals surface area (Å²) in [5, 5.41) is 4.17. The van der Waals surface area contributed by atoms with Gasteiger partial charge < -0.3 is 4.74 Å². The molecule has 0 saturated carbocycles. The minimum absolute atomic E-state index is 0.167. The van der Waals surface area contributed by atoms with E-state index in [1.807, 2.05) is 6.92 Å². The topological polar surface area (TPSA) is 61.2 Å². The Kier molecular flexibility index (Phi) is 4.34. The number of hydrogen-bond donors (Lipinski definition) is 0. The van der Waals surface area contributed by atoms with E-state index in [9.17, 15) is 9.59 Å². The first-order valence-electron chi connectivity index (χ1n) is 5.93. The summed E-state index contributed by atoms with van der Waals surface area (Å²) in [6.45, 7) is 2.16. The highest BCUT2D eigenvalue weighted by Crippen LogP contribution is 2.19. The molecule has 0 spiro atoms. The molecule has 1 heterocycles. The van der Waals surface area contributed by atoms with Crippen LogP contribution >= 0.6 is 15.9 Å². The molecule has 6 heteroatoms. The molecule has 0 unspecified atom stereocenters. The fourth-order valence-electron chi connectivity index (χ4n) is 1.75. The summed E-state index contributed by atoms with van der Waals surface area (Å²) in [5.41, 5.74) is 1.91. The molecule has 0 aliphatic carbocycles. The molecule has 0 aliphatic heterocycles. The molecule has 0 bridgehead atoms. The van der Waals surface area contributed by atoms with Gasteiger partial charge in [-0.2, -0.15) is 5.10 Å². The number of ether oxygens (including phenoxy) is 1. The van der Waals surface area contributed by atoms with Crippen LogP contribution in [0.5, 0.6) is 0 Å². The van der Waals surface area contributed by atoms with E-state index in [0.717, 1.165) is 15.7 Å². The number of esters is 1. The number of rotatable bonds is 3. The number of halogens is 1. The Morgan fingerprint density at radius 2 is 2.10 bits per heavy atom. The first kappa shape index (κ1) is 14.5. The van der Waals surface area contributed by atoms with E-state index >= 15 is 0 Å². The van der Waals surface area contributed by atoms with Crippen LogP contribution in [0.15, 0.2) is 39.6 Å². The molecule has 2 rings (SSSR count). The third-order valence-electron chi connectivity index (χ3n) is 2.79. The monoisotopic (exact) mass is 336 g/mol. The van der Waals surface area contributed by atoms with Gasteiger partial charge in [0.05, 0.1) is 24.9 Å². The minimum atomic E-state index is -0.400. The van der Waals surface area contributed by atoms with Gasteiger partial charge in [0.1, 0.15) is 0 Å². The maximum absolute atomic E-state index is 11.7. The molecular formula is C14H13BrN2O3. The minimum Gasteiger partial charge on any atom is -0.465 e. The van der Waals surface area contributed by atoms with Crippen molar-refractivity contribution in [3.63, 3.8) is 0 Å². The van der Waals surface area contributed by atoms with Gasteiger partial charge in [-0.15, -0.1) is 0 Å². The second kappa shape index (κ2) is 6.00. The van der Waals surface area contributed by atoms with E-state index in [-0.39, 0.29) is 5.56 Å². The zero-order valence-corrected chi connectivity index (χ0v) is 12.7. The SMILES string of the molecule is COC(=O)c1ccc(Cn2nc(C)ccc2=O)c(Br)c1. The molecule has 0 aliphatic rings. The van der Waals surface area contributed by atoms with Crippen LogP contribution in [-0.2, 0) is 11.3 Å². The Morgan fingerprint density at radius 1 is 1.35 bits per heavy atom. The predicted octanol–water partition coefficient (Wildman–Crippen LogP) is 2.15. The van der Waals surface area contributed by atoms with Gasteiger partial charge in [-0.1, -0.05) is 22.0 Å². The Hall–Kier alpha value is -1.95. The lowest BCUT2D eigenvalue weighted by Crippen LogP contribution is -2.23. The van der Waals surface area contributed by atoms with Crippen molar-refractivity contribution in [2.45, 2.75) is 13.5 Å². The summed E-state index contributed by atoms with van der Waals surface area (Å²) in [4.78, 5) is 23.1. The van der Waals surface area contributed by atoms with Crippen LogP contribution < -0.4 is 5.56 Å². The predicted molar refractivity (Wildman–Crippen MR) is 77.8 cm³/mol. The highest BCUT2D eigenvalue weighted by atomic mass is 79.9. The second-order valence-corrected chi connectivity index (χ2v) is 5.12. The number of hydrogen-bond acceptors (Lipinski definition) is 4. The Balaban J connectivity index is 2.33. The molecular weight excluding hydrogens is 324 g/mol. The first-order chi connectivity index (χ1) is 9.51. The molecule has 0 saturated heterocycles. The summed E-state index contributed by atoms with van der Waals surface area (Å²) in [5.74, 6) is -0.400. The number of aryl methyl sites for hydroxylation is 1. The molecule has 1 aromatic heterocycles. The molecule has 5 nitrogen and oxygen atoms in total. The van der Waals surface area contributed by atoms with Crippen LogP contribution in [0, 0.1) is 6.92 Å². The van der Waals surface area contributed by atoms with Gasteiger partial charge in [0, 0.05) is 10.5 Å². The van der Waals surface area contributed by atoms with E-state index in [1.165, 1.54) is 17.9 Å². The molecule has 20 heavy (non-hydrogen) atoms. The van der Waals surface area contributed by atoms with Crippen molar-refractivity contribution in [2.24, 2.45) is 0 Å². The average Bonchev–Trinajstić information content (AvgIpc) is 2.44. The van der Waals surface area contributed by atoms with Gasteiger partial charge in [-0.3, -0.25) is 4.79 Å². The molecule has 0 N–H and O–H groups in total. The maximum Gasteiger partial charge on any atom is 0.337 e. The molecule has 0 atom stereocenters. The maximum atomic E-state index is 11.7. The lowest BCUT2D eigenvalue weighted by Gasteiger charge is -2.08. The van der Waals surface area contributed by atoms with Crippen LogP contribution in [-0.4, -0.2) is 22.9 Å². The normalized spacial score (nSPS) is 10.3. The van der Waals surface area contributed by atoms with Gasteiger partial charge in [0.25, 0.3) is 5.56 Å². The van der Waals surface area contributed by atoms with Crippen molar-refractivity contribution >= 4 is 21.9 Å². The molecule has 0 radical (unpaired) electrons. The molecule has 0 amide bonds. The van der Waals surface area contributed by atoms with E-state index in [2.05, 4.69) is 25.8 Å². The number of methoxy groups -OCH3 is 1. The van der Waals surface area contributed by atoms with Gasteiger partial charge in [0.2, 0.25) is 0 Å². The van der Waals surface area contributed by atoms with Crippen LogP contribution in [0.25, 0.3) is 0 Å². The number of benzene rings is 1. The fourth-order valence-corrected chi connectivity index (χ4v) is 2.25. The molecule has 104 valence electrons. The number of carbonyl (C=O) groups is 1. The smallest absolute Gasteiger partial charge is 0.337 e. The van der Waals surface area contributed by atoms with Crippen LogP contribution in [0.3, 0.4) is 0 Å². The van der Waals surface area contributed by atoms with Gasteiger partial charge >= 0.3 is 5.97 Å². The van der Waals surface area contributed by atoms with Crippen molar-refractivity contribution in [3.8, 4) is 0 Å². The van der Waals surface area contributed by atoms with Crippen LogP contribution in [0.1, 0.15) is 21.6 Å². The lowest BCUT2D eigenvalue weighted by molar-refractivity contribution is 0.0600. The van der Waals surface area contributed by atoms with Crippen molar-refractivity contribution < 1.29 is 9.53 Å². The number of aromatic nitrogens is 2. The highest BCUT2D eigenvalue weighted by Gasteiger charge is 2.09. The summed E-state index contributed by atoms with van der Waals surface area (Å²) in [7, 11) is 1.33. The quantitative estimate of drug-likeness (QED) is 0.806. The van der Waals surface area contributed by atoms with Crippen molar-refractivity contribution in [1.29, 1.82) is 0 Å². The fraction of sp³-hybridized carbons (Fsp3) is 0.214. The lowest BCUT2D eigenvalue weighted by atomic mass is 10.1. The first-order valence-corrected chi connectivity index (χ1v) is 6.72. The zero-order valence-electron chi connectivity index (χ0n) is 11.1. The van der Waals surface area contributed by atoms with Gasteiger partial charge in [-0.05, 0) is 30.7 Å². The van der Waals surface area contributed by atoms with E-state index in [4.69, 9.17) is 0 Å². The third-order valence-corrected chi connectivity index (χ3v) is 3.53. The molecule has 0 fully saturated rings. The Morgan fingerprint density at radius 3 is 2.75 bits per heavy atom. The van der Waals surface area contributed by atoms with Crippen LogP contribution in [0.2, 0.25) is 0 Å². The second-order valence-electron chi connectivity index (χ2n) is 4.27. The van der Waals surface area contributed by atoms with Crippen molar-refractivity contribution in [2.75, 3.05) is 7.11 Å². The van der Waals surface area contributed by atoms with E-state index < -0.39 is 5.97 Å². The van der Waals surface area contributed by atoms with E-state index in [0.29, 0.717) is 12.1 Å². The summed E-state index contributed by atoms with van der Waals surface area (Å²) in [6.07, 6.45) is 0. The van der Waals surface area contributed by atoms with Gasteiger partial charge in [0.15, 0.2) is 0 Å². The zero-order chi connectivity index (χ0) is 14.7. The Labute approximate surface area is 124 Å². The molecule has 2 aromatic rings. The van der Waals surface area contributed by atoms with Crippen molar-refractivity contribution in [3.05, 3.63) is 62.0 Å². The summed E-state index contributed by atoms with van der Waals surface area (Å²) < 4.78 is 6.77. The van der Waals surface area contributed by atoms with Crippen molar-refractivity contribution in [1.82, 2.24) is 9.78 Å². The summed E-state index contributed by atoms with van der Waals surface area (Å²) in [6, 6.07) is 8.26. The Bertz CT molecular complexity index is 710. The van der Waals surface area contributed by atoms with Crippen LogP contribution in [0.4, 0.5) is 0 Å². The molecule has 1 aromatic carbocycles. The van der Waals surface area contributed by atoms with E-state index in [1.54, 1.807) is 24.3 Å². The summed E-state index contributed by atoms with van der Waals surface area (Å²) >= 11 is 3.39. The largest absolute Gasteiger partial charge is 0.465 e. The third kappa shape index (κ3) is 3.14. The highest BCUT2D eigenvalue weighted by molar-refractivity contribution is 9.10. The number of carbonyl (C=O) groups excluding carboxylic acids is 1. The number of nitrogens with zero attached hydrogens (tertiary/aromatic N) is 2. The average molecular weight is 337 g/mol. The van der Waals surface area contributed by atoms with Gasteiger partial charge in [-0.25, -0.2) is 9.48 Å². The standard InChI is InChI=1S/C14H13BrN2O3/c1-9-3-6-13(18)17(16-9)8-11-5-4-10(7-12(11)15)14(19)20-2/h3-7H,8H2,1-2H3.